The van der Waals surface area contributed by atoms with Gasteiger partial charge in [0.05, 0.1) is 29.6 Å². The van der Waals surface area contributed by atoms with Crippen molar-refractivity contribution in [2.75, 3.05) is 17.7 Å². The van der Waals surface area contributed by atoms with Gasteiger partial charge in [0.25, 0.3) is 0 Å². The van der Waals surface area contributed by atoms with Crippen LogP contribution in [-0.2, 0) is 0 Å². The lowest BCUT2D eigenvalue weighted by Gasteiger charge is -2.37. The predicted molar refractivity (Wildman–Crippen MR) is 83.2 cm³/mol. The molecule has 0 aromatic heterocycles. The summed E-state index contributed by atoms with van der Waals surface area (Å²) < 4.78 is 19.4. The van der Waals surface area contributed by atoms with Gasteiger partial charge in [-0.3, -0.25) is 0 Å². The molecule has 0 heterocycles. The van der Waals surface area contributed by atoms with E-state index in [1.807, 2.05) is 25.8 Å². The number of nitrogens with two attached hydrogens (primary N) is 1. The van der Waals surface area contributed by atoms with Crippen LogP contribution in [0.4, 0.5) is 15.8 Å². The number of aliphatic hydroxyl groups is 1. The van der Waals surface area contributed by atoms with Crippen molar-refractivity contribution < 1.29 is 14.2 Å². The van der Waals surface area contributed by atoms with E-state index in [0.717, 1.165) is 25.7 Å². The Balaban J connectivity index is 2.29. The lowest BCUT2D eigenvalue weighted by molar-refractivity contribution is 0.106. The Bertz CT molecular complexity index is 493. The van der Waals surface area contributed by atoms with Crippen molar-refractivity contribution in [3.63, 3.8) is 0 Å². The molecule has 0 radical (unpaired) electrons. The third kappa shape index (κ3) is 3.59. The van der Waals surface area contributed by atoms with Crippen LogP contribution >= 0.6 is 0 Å². The van der Waals surface area contributed by atoms with Crippen LogP contribution in [0.3, 0.4) is 0 Å². The van der Waals surface area contributed by atoms with Gasteiger partial charge in [-0.25, -0.2) is 4.39 Å². The lowest BCUT2D eigenvalue weighted by Crippen LogP contribution is -2.43. The molecular weight excluding hydrogens is 271 g/mol. The molecule has 21 heavy (non-hydrogen) atoms. The molecule has 3 N–H and O–H groups in total. The fourth-order valence-corrected chi connectivity index (χ4v) is 2.93. The van der Waals surface area contributed by atoms with Gasteiger partial charge in [0.1, 0.15) is 0 Å². The Labute approximate surface area is 125 Å². The number of hydrogen-bond acceptors (Lipinski definition) is 4. The summed E-state index contributed by atoms with van der Waals surface area (Å²) in [6, 6.07) is 2.93. The van der Waals surface area contributed by atoms with Crippen LogP contribution in [0.5, 0.6) is 5.75 Å². The molecule has 1 aromatic rings. The van der Waals surface area contributed by atoms with E-state index in [1.165, 1.54) is 6.07 Å². The van der Waals surface area contributed by atoms with Crippen molar-refractivity contribution in [2.24, 2.45) is 0 Å². The highest BCUT2D eigenvalue weighted by Crippen LogP contribution is 2.34. The Kier molecular flexibility index (Phi) is 4.93. The molecule has 2 rings (SSSR count). The minimum absolute atomic E-state index is 0.0124. The largest absolute Gasteiger partial charge is 0.488 e. The molecule has 1 fully saturated rings. The number of benzene rings is 1. The average Bonchev–Trinajstić information content (AvgIpc) is 2.41. The molecule has 0 saturated heterocycles. The number of anilines is 2. The zero-order chi connectivity index (χ0) is 15.6. The first kappa shape index (κ1) is 15.9. The fraction of sp³-hybridized carbons (Fsp3) is 0.625. The van der Waals surface area contributed by atoms with Gasteiger partial charge >= 0.3 is 0 Å². The molecule has 5 heteroatoms. The molecule has 0 aliphatic heterocycles. The van der Waals surface area contributed by atoms with E-state index in [2.05, 4.69) is 0 Å². The smallest absolute Gasteiger partial charge is 0.167 e. The zero-order valence-electron chi connectivity index (χ0n) is 13.0. The summed E-state index contributed by atoms with van der Waals surface area (Å²) in [5.41, 5.74) is 7.03. The van der Waals surface area contributed by atoms with Crippen molar-refractivity contribution in [3.8, 4) is 5.75 Å². The SMILES string of the molecule is CC(C)Oc1cc(N(C)C2CCCCC2O)c(N)cc1F. The van der Waals surface area contributed by atoms with Crippen LogP contribution in [-0.4, -0.2) is 30.4 Å². The van der Waals surface area contributed by atoms with E-state index >= 15 is 0 Å². The van der Waals surface area contributed by atoms with Gasteiger partial charge in [-0.05, 0) is 26.7 Å². The third-order valence-electron chi connectivity index (χ3n) is 4.02. The highest BCUT2D eigenvalue weighted by molar-refractivity contribution is 5.70. The topological polar surface area (TPSA) is 58.7 Å². The second-order valence-electron chi connectivity index (χ2n) is 6.04. The number of rotatable bonds is 4. The van der Waals surface area contributed by atoms with Gasteiger partial charge in [0.2, 0.25) is 0 Å². The summed E-state index contributed by atoms with van der Waals surface area (Å²) in [5, 5.41) is 10.2. The predicted octanol–water partition coefficient (Wildman–Crippen LogP) is 2.93. The summed E-state index contributed by atoms with van der Waals surface area (Å²) in [5.74, 6) is -0.256. The Hall–Kier alpha value is -1.49. The molecule has 2 atom stereocenters. The molecular formula is C16H25FN2O2. The molecule has 1 aromatic carbocycles. The molecule has 0 spiro atoms. The third-order valence-corrected chi connectivity index (χ3v) is 4.02. The first-order valence-electron chi connectivity index (χ1n) is 7.56. The van der Waals surface area contributed by atoms with Crippen LogP contribution in [0.1, 0.15) is 39.5 Å². The van der Waals surface area contributed by atoms with Crippen LogP contribution in [0.15, 0.2) is 12.1 Å². The number of halogens is 1. The fourth-order valence-electron chi connectivity index (χ4n) is 2.93. The van der Waals surface area contributed by atoms with Gasteiger partial charge in [-0.2, -0.15) is 0 Å². The first-order valence-corrected chi connectivity index (χ1v) is 7.56. The summed E-state index contributed by atoms with van der Waals surface area (Å²) >= 11 is 0. The summed E-state index contributed by atoms with van der Waals surface area (Å²) in [7, 11) is 1.89. The highest BCUT2D eigenvalue weighted by atomic mass is 19.1. The molecule has 118 valence electrons. The maximum absolute atomic E-state index is 13.9. The standard InChI is InChI=1S/C16H25FN2O2/c1-10(2)21-16-9-14(12(18)8-11(16)17)19(3)13-6-4-5-7-15(13)20/h8-10,13,15,20H,4-7,18H2,1-3H3. The Morgan fingerprint density at radius 3 is 2.62 bits per heavy atom. The van der Waals surface area contributed by atoms with Crippen molar-refractivity contribution in [1.82, 2.24) is 0 Å². The quantitative estimate of drug-likeness (QED) is 0.839. The maximum Gasteiger partial charge on any atom is 0.167 e. The summed E-state index contributed by atoms with van der Waals surface area (Å²) in [6.45, 7) is 3.70. The van der Waals surface area contributed by atoms with Crippen LogP contribution in [0.25, 0.3) is 0 Å². The average molecular weight is 296 g/mol. The molecule has 1 aliphatic rings. The van der Waals surface area contributed by atoms with Crippen molar-refractivity contribution in [3.05, 3.63) is 17.9 Å². The monoisotopic (exact) mass is 296 g/mol. The van der Waals surface area contributed by atoms with Crippen molar-refractivity contribution in [2.45, 2.75) is 57.8 Å². The normalized spacial score (nSPS) is 22.4. The van der Waals surface area contributed by atoms with Gasteiger partial charge in [0, 0.05) is 19.2 Å². The number of hydrogen-bond donors (Lipinski definition) is 2. The van der Waals surface area contributed by atoms with E-state index < -0.39 is 5.82 Å². The first-order chi connectivity index (χ1) is 9.90. The minimum Gasteiger partial charge on any atom is -0.488 e. The van der Waals surface area contributed by atoms with E-state index in [1.54, 1.807) is 6.07 Å². The molecule has 0 amide bonds. The lowest BCUT2D eigenvalue weighted by atomic mass is 9.91. The van der Waals surface area contributed by atoms with E-state index in [4.69, 9.17) is 10.5 Å². The van der Waals surface area contributed by atoms with Gasteiger partial charge in [-0.1, -0.05) is 12.8 Å². The van der Waals surface area contributed by atoms with Gasteiger partial charge < -0.3 is 20.5 Å². The summed E-state index contributed by atoms with van der Waals surface area (Å²) in [4.78, 5) is 1.95. The maximum atomic E-state index is 13.9. The van der Waals surface area contributed by atoms with Crippen molar-refractivity contribution >= 4 is 11.4 Å². The van der Waals surface area contributed by atoms with Crippen LogP contribution in [0.2, 0.25) is 0 Å². The number of nitrogen functional groups attached to an aromatic ring is 1. The van der Waals surface area contributed by atoms with E-state index in [0.29, 0.717) is 11.4 Å². The number of ether oxygens (including phenoxy) is 1. The molecule has 1 aliphatic carbocycles. The number of aliphatic hydroxyl groups excluding tert-OH is 1. The zero-order valence-corrected chi connectivity index (χ0v) is 13.0. The minimum atomic E-state index is -0.456. The van der Waals surface area contributed by atoms with Crippen LogP contribution in [0, 0.1) is 5.82 Å². The number of nitrogens with zero attached hydrogens (tertiary/aromatic N) is 1. The van der Waals surface area contributed by atoms with Gasteiger partial charge in [0.15, 0.2) is 11.6 Å². The molecule has 4 nitrogen and oxygen atoms in total. The van der Waals surface area contributed by atoms with Gasteiger partial charge in [-0.15, -0.1) is 0 Å². The Morgan fingerprint density at radius 2 is 2.00 bits per heavy atom. The van der Waals surface area contributed by atoms with Crippen molar-refractivity contribution in [1.29, 1.82) is 0 Å². The van der Waals surface area contributed by atoms with Crippen LogP contribution < -0.4 is 15.4 Å². The highest BCUT2D eigenvalue weighted by Gasteiger charge is 2.28. The number of likely N-dealkylation sites (N-methyl/N-ethyl adjacent to an activating group) is 1. The second-order valence-corrected chi connectivity index (χ2v) is 6.04. The van der Waals surface area contributed by atoms with E-state index in [9.17, 15) is 9.50 Å². The van der Waals surface area contributed by atoms with E-state index in [-0.39, 0.29) is 24.0 Å². The molecule has 0 bridgehead atoms. The Morgan fingerprint density at radius 1 is 1.33 bits per heavy atom. The molecule has 1 saturated carbocycles. The summed E-state index contributed by atoms with van der Waals surface area (Å²) in [6.07, 6.45) is 3.36. The second kappa shape index (κ2) is 6.52. The molecule has 2 unspecified atom stereocenters.